The van der Waals surface area contributed by atoms with Gasteiger partial charge in [-0.3, -0.25) is 4.98 Å². The van der Waals surface area contributed by atoms with Gasteiger partial charge < -0.3 is 11.1 Å². The zero-order chi connectivity index (χ0) is 13.0. The summed E-state index contributed by atoms with van der Waals surface area (Å²) in [7, 11) is 0. The molecule has 0 aliphatic heterocycles. The predicted octanol–water partition coefficient (Wildman–Crippen LogP) is 1.99. The largest absolute Gasteiger partial charge is 0.364 e. The van der Waals surface area contributed by atoms with Gasteiger partial charge in [0, 0.05) is 31.0 Å². The highest BCUT2D eigenvalue weighted by atomic mass is 19.1. The predicted molar refractivity (Wildman–Crippen MR) is 68.4 cm³/mol. The third kappa shape index (κ3) is 2.81. The lowest BCUT2D eigenvalue weighted by molar-refractivity contribution is 0.610. The van der Waals surface area contributed by atoms with Crippen LogP contribution in [0.5, 0.6) is 0 Å². The van der Waals surface area contributed by atoms with Crippen molar-refractivity contribution in [1.82, 2.24) is 9.97 Å². The van der Waals surface area contributed by atoms with Crippen LogP contribution < -0.4 is 11.1 Å². The van der Waals surface area contributed by atoms with Gasteiger partial charge in [-0.25, -0.2) is 9.37 Å². The third-order valence-corrected chi connectivity index (χ3v) is 2.68. The minimum absolute atomic E-state index is 0.257. The second kappa shape index (κ2) is 5.55. The normalized spacial score (nSPS) is 10.4. The molecule has 94 valence electrons. The van der Waals surface area contributed by atoms with Crippen molar-refractivity contribution in [3.63, 3.8) is 0 Å². The molecule has 1 heterocycles. The molecule has 5 heteroatoms. The number of anilines is 1. The van der Waals surface area contributed by atoms with E-state index in [0.717, 1.165) is 11.3 Å². The van der Waals surface area contributed by atoms with Crippen molar-refractivity contribution < 1.29 is 4.39 Å². The molecule has 0 bridgehead atoms. The van der Waals surface area contributed by atoms with E-state index in [1.54, 1.807) is 18.5 Å². The summed E-state index contributed by atoms with van der Waals surface area (Å²) < 4.78 is 13.7. The van der Waals surface area contributed by atoms with Gasteiger partial charge >= 0.3 is 0 Å². The summed E-state index contributed by atoms with van der Waals surface area (Å²) in [6.07, 6.45) is 3.22. The average molecular weight is 246 g/mol. The Balaban J connectivity index is 2.09. The monoisotopic (exact) mass is 246 g/mol. The second-order valence-electron chi connectivity index (χ2n) is 3.97. The van der Waals surface area contributed by atoms with Crippen molar-refractivity contribution in [3.05, 3.63) is 53.2 Å². The van der Waals surface area contributed by atoms with Crippen molar-refractivity contribution in [2.24, 2.45) is 5.73 Å². The van der Waals surface area contributed by atoms with Crippen LogP contribution in [0.3, 0.4) is 0 Å². The highest BCUT2D eigenvalue weighted by molar-refractivity contribution is 5.39. The van der Waals surface area contributed by atoms with Crippen LogP contribution in [-0.2, 0) is 13.1 Å². The molecule has 2 aromatic rings. The van der Waals surface area contributed by atoms with Crippen molar-refractivity contribution in [2.75, 3.05) is 5.32 Å². The van der Waals surface area contributed by atoms with Crippen molar-refractivity contribution >= 4 is 5.82 Å². The van der Waals surface area contributed by atoms with E-state index in [1.165, 1.54) is 6.07 Å². The summed E-state index contributed by atoms with van der Waals surface area (Å²) in [4.78, 5) is 8.25. The first-order valence-corrected chi connectivity index (χ1v) is 5.69. The molecule has 0 amide bonds. The van der Waals surface area contributed by atoms with E-state index < -0.39 is 0 Å². The lowest BCUT2D eigenvalue weighted by atomic mass is 10.1. The number of hydrogen-bond donors (Lipinski definition) is 2. The smallest absolute Gasteiger partial charge is 0.147 e. The molecule has 0 saturated heterocycles. The van der Waals surface area contributed by atoms with Gasteiger partial charge in [-0.2, -0.15) is 0 Å². The topological polar surface area (TPSA) is 63.8 Å². The second-order valence-corrected chi connectivity index (χ2v) is 3.97. The van der Waals surface area contributed by atoms with Crippen molar-refractivity contribution in [1.29, 1.82) is 0 Å². The molecular formula is C13H15FN4. The molecule has 1 aromatic heterocycles. The molecule has 0 atom stereocenters. The number of hydrogen-bond acceptors (Lipinski definition) is 4. The van der Waals surface area contributed by atoms with Crippen LogP contribution in [0.2, 0.25) is 0 Å². The van der Waals surface area contributed by atoms with Gasteiger partial charge in [-0.05, 0) is 18.6 Å². The quantitative estimate of drug-likeness (QED) is 0.866. The Morgan fingerprint density at radius 1 is 1.28 bits per heavy atom. The van der Waals surface area contributed by atoms with E-state index in [2.05, 4.69) is 15.3 Å². The highest BCUT2D eigenvalue weighted by Gasteiger charge is 2.05. The minimum atomic E-state index is -0.257. The fraction of sp³-hybridized carbons (Fsp3) is 0.231. The molecule has 0 radical (unpaired) electrons. The van der Waals surface area contributed by atoms with Gasteiger partial charge in [0.05, 0.1) is 5.69 Å². The first-order chi connectivity index (χ1) is 8.70. The number of nitrogens with one attached hydrogen (secondary N) is 1. The van der Waals surface area contributed by atoms with Crippen molar-refractivity contribution in [3.8, 4) is 0 Å². The number of benzene rings is 1. The molecule has 0 aliphatic carbocycles. The Bertz CT molecular complexity index is 542. The molecule has 4 nitrogen and oxygen atoms in total. The molecule has 18 heavy (non-hydrogen) atoms. The van der Waals surface area contributed by atoms with E-state index in [-0.39, 0.29) is 5.82 Å². The Morgan fingerprint density at radius 3 is 2.72 bits per heavy atom. The number of aryl methyl sites for hydroxylation is 1. The summed E-state index contributed by atoms with van der Waals surface area (Å²) in [5.41, 5.74) is 7.61. The van der Waals surface area contributed by atoms with E-state index in [9.17, 15) is 4.39 Å². The first-order valence-electron chi connectivity index (χ1n) is 5.69. The van der Waals surface area contributed by atoms with Gasteiger partial charge in [0.25, 0.3) is 0 Å². The van der Waals surface area contributed by atoms with Gasteiger partial charge in [-0.1, -0.05) is 12.1 Å². The van der Waals surface area contributed by atoms with E-state index >= 15 is 0 Å². The Labute approximate surface area is 105 Å². The highest BCUT2D eigenvalue weighted by Crippen LogP contribution is 2.13. The Morgan fingerprint density at radius 2 is 2.06 bits per heavy atom. The van der Waals surface area contributed by atoms with Crippen LogP contribution in [-0.4, -0.2) is 9.97 Å². The molecule has 2 rings (SSSR count). The molecule has 0 spiro atoms. The summed E-state index contributed by atoms with van der Waals surface area (Å²) in [6, 6.07) is 5.01. The van der Waals surface area contributed by atoms with Crippen LogP contribution >= 0.6 is 0 Å². The summed E-state index contributed by atoms with van der Waals surface area (Å²) in [6.45, 7) is 2.56. The number of halogens is 1. The zero-order valence-corrected chi connectivity index (χ0v) is 10.2. The fourth-order valence-corrected chi connectivity index (χ4v) is 1.62. The lowest BCUT2D eigenvalue weighted by Crippen LogP contribution is -2.06. The number of nitrogens with two attached hydrogens (primary N) is 1. The van der Waals surface area contributed by atoms with Crippen LogP contribution in [0.4, 0.5) is 10.2 Å². The molecule has 3 N–H and O–H groups in total. The average Bonchev–Trinajstić information content (AvgIpc) is 2.39. The number of nitrogens with zero attached hydrogens (tertiary/aromatic N) is 2. The van der Waals surface area contributed by atoms with Crippen LogP contribution in [0.15, 0.2) is 30.6 Å². The maximum absolute atomic E-state index is 13.7. The lowest BCUT2D eigenvalue weighted by Gasteiger charge is -2.09. The van der Waals surface area contributed by atoms with Gasteiger partial charge in [0.1, 0.15) is 11.6 Å². The summed E-state index contributed by atoms with van der Waals surface area (Å²) >= 11 is 0. The Kier molecular flexibility index (Phi) is 3.84. The molecular weight excluding hydrogens is 231 g/mol. The Hall–Kier alpha value is -2.01. The molecule has 0 fully saturated rings. The first kappa shape index (κ1) is 12.4. The minimum Gasteiger partial charge on any atom is -0.364 e. The number of rotatable bonds is 4. The molecule has 0 saturated carbocycles. The van der Waals surface area contributed by atoms with E-state index in [4.69, 9.17) is 5.73 Å². The van der Waals surface area contributed by atoms with Gasteiger partial charge in [0.2, 0.25) is 0 Å². The van der Waals surface area contributed by atoms with Gasteiger partial charge in [0.15, 0.2) is 0 Å². The zero-order valence-electron chi connectivity index (χ0n) is 10.2. The van der Waals surface area contributed by atoms with E-state index in [0.29, 0.717) is 24.5 Å². The van der Waals surface area contributed by atoms with Crippen LogP contribution in [0.25, 0.3) is 0 Å². The number of aromatic nitrogens is 2. The SMILES string of the molecule is Cc1nccnc1NCc1ccc(CN)cc1F. The standard InChI is InChI=1S/C13H15FN4/c1-9-13(17-5-4-16-9)18-8-11-3-2-10(7-15)6-12(11)14/h2-6H,7-8,15H2,1H3,(H,17,18). The molecule has 1 aromatic carbocycles. The van der Waals surface area contributed by atoms with E-state index in [1.807, 2.05) is 13.0 Å². The third-order valence-electron chi connectivity index (χ3n) is 2.68. The van der Waals surface area contributed by atoms with Crippen molar-refractivity contribution in [2.45, 2.75) is 20.0 Å². The summed E-state index contributed by atoms with van der Waals surface area (Å²) in [5, 5.41) is 3.06. The molecule has 0 aliphatic rings. The molecule has 0 unspecified atom stereocenters. The fourth-order valence-electron chi connectivity index (χ4n) is 1.62. The summed E-state index contributed by atoms with van der Waals surface area (Å²) in [5.74, 6) is 0.409. The maximum Gasteiger partial charge on any atom is 0.147 e. The van der Waals surface area contributed by atoms with Crippen LogP contribution in [0.1, 0.15) is 16.8 Å². The van der Waals surface area contributed by atoms with Crippen LogP contribution in [0, 0.1) is 12.7 Å². The van der Waals surface area contributed by atoms with Gasteiger partial charge in [-0.15, -0.1) is 0 Å². The maximum atomic E-state index is 13.7.